The number of aromatic nitrogens is 3. The van der Waals surface area contributed by atoms with Crippen LogP contribution in [0.2, 0.25) is 0 Å². The fourth-order valence-electron chi connectivity index (χ4n) is 6.70. The number of carboxylic acids is 1. The van der Waals surface area contributed by atoms with Crippen LogP contribution in [0.5, 0.6) is 5.75 Å². The van der Waals surface area contributed by atoms with Crippen LogP contribution >= 0.6 is 22.6 Å². The van der Waals surface area contributed by atoms with E-state index in [1.807, 2.05) is 12.1 Å². The van der Waals surface area contributed by atoms with E-state index in [1.54, 1.807) is 12.1 Å². The summed E-state index contributed by atoms with van der Waals surface area (Å²) < 4.78 is 32.8. The minimum Gasteiger partial charge on any atom is -0.489 e. The molecule has 1 aliphatic heterocycles. The molecule has 1 aromatic carbocycles. The molecule has 2 aliphatic carbocycles. The first-order valence-corrected chi connectivity index (χ1v) is 16.8. The van der Waals surface area contributed by atoms with Crippen molar-refractivity contribution in [3.05, 3.63) is 76.2 Å². The predicted octanol–water partition coefficient (Wildman–Crippen LogP) is 7.67. The smallest absolute Gasteiger partial charge is 0.339 e. The van der Waals surface area contributed by atoms with Crippen molar-refractivity contribution in [2.75, 3.05) is 19.7 Å². The second kappa shape index (κ2) is 13.2. The number of alkyl halides is 3. The van der Waals surface area contributed by atoms with Crippen LogP contribution in [-0.4, -0.2) is 56.3 Å². The van der Waals surface area contributed by atoms with E-state index in [-0.39, 0.29) is 11.7 Å². The molecule has 0 radical (unpaired) electrons. The van der Waals surface area contributed by atoms with Crippen LogP contribution < -0.4 is 4.74 Å². The van der Waals surface area contributed by atoms with Crippen molar-refractivity contribution in [3.8, 4) is 11.6 Å². The number of benzene rings is 1. The first kappa shape index (κ1) is 31.6. The van der Waals surface area contributed by atoms with Crippen LogP contribution in [0.1, 0.15) is 96.6 Å². The molecule has 1 N–H and O–H groups in total. The van der Waals surface area contributed by atoms with Gasteiger partial charge in [0.25, 0.3) is 0 Å². The van der Waals surface area contributed by atoms with Gasteiger partial charge in [0.15, 0.2) is 5.82 Å². The Bertz CT molecular complexity index is 1620. The highest BCUT2D eigenvalue weighted by Gasteiger charge is 2.38. The van der Waals surface area contributed by atoms with E-state index < -0.39 is 21.2 Å². The van der Waals surface area contributed by atoms with Crippen molar-refractivity contribution in [1.29, 1.82) is 0 Å². The van der Waals surface area contributed by atoms with Crippen LogP contribution in [0.3, 0.4) is 0 Å². The summed E-state index contributed by atoms with van der Waals surface area (Å²) in [5, 5.41) is 13.4. The van der Waals surface area contributed by atoms with Gasteiger partial charge in [-0.25, -0.2) is 14.5 Å². The number of aryl methyl sites for hydroxylation is 1. The second-order valence-electron chi connectivity index (χ2n) is 12.3. The zero-order chi connectivity index (χ0) is 31.7. The number of ether oxygens (including phenoxy) is 1. The molecule has 238 valence electrons. The van der Waals surface area contributed by atoms with Gasteiger partial charge < -0.3 is 14.7 Å². The number of carbonyl (C=O) groups is 2. The monoisotopic (exact) mass is 730 g/mol. The molecule has 1 saturated heterocycles. The average Bonchev–Trinajstić information content (AvgIpc) is 3.47. The number of halogens is 3. The first-order valence-electron chi connectivity index (χ1n) is 15.7. The van der Waals surface area contributed by atoms with Gasteiger partial charge in [0.2, 0.25) is 5.91 Å². The molecule has 1 amide bonds. The van der Waals surface area contributed by atoms with E-state index >= 15 is 0 Å². The number of pyridine rings is 1. The van der Waals surface area contributed by atoms with Crippen molar-refractivity contribution >= 4 is 40.0 Å². The molecular weight excluding hydrogens is 693 g/mol. The maximum absolute atomic E-state index is 14.5. The summed E-state index contributed by atoms with van der Waals surface area (Å²) in [6.45, 7) is 4.11. The minimum absolute atomic E-state index is 0.134. The number of carbonyl (C=O) groups excluding carboxylic acids is 1. The van der Waals surface area contributed by atoms with Crippen molar-refractivity contribution in [2.24, 2.45) is 5.92 Å². The SMILES string of the molecule is Cc1cc(C2CCN(C(=O)C3CCC3)CC2)ccc1OCC1=C(c2cccc(-n3ncc(C(=O)O)c3C(F)(F)I)n2)CCCC1. The van der Waals surface area contributed by atoms with Gasteiger partial charge in [-0.15, -0.1) is 0 Å². The Morgan fingerprint density at radius 2 is 1.82 bits per heavy atom. The van der Waals surface area contributed by atoms with Gasteiger partial charge in [-0.05, 0) is 105 Å². The van der Waals surface area contributed by atoms with Gasteiger partial charge in [-0.2, -0.15) is 13.9 Å². The summed E-state index contributed by atoms with van der Waals surface area (Å²) in [6.07, 6.45) is 9.79. The topological polar surface area (TPSA) is 97.6 Å². The second-order valence-corrected chi connectivity index (χ2v) is 13.7. The molecule has 0 atom stereocenters. The molecule has 0 spiro atoms. The number of nitrogens with zero attached hydrogens (tertiary/aromatic N) is 4. The van der Waals surface area contributed by atoms with Crippen LogP contribution in [-0.2, 0) is 8.72 Å². The quantitative estimate of drug-likeness (QED) is 0.179. The molecule has 0 bridgehead atoms. The molecule has 6 rings (SSSR count). The zero-order valence-electron chi connectivity index (χ0n) is 25.3. The number of hydrogen-bond acceptors (Lipinski definition) is 5. The highest BCUT2D eigenvalue weighted by Crippen LogP contribution is 2.39. The number of allylic oxidation sites excluding steroid dienone is 1. The van der Waals surface area contributed by atoms with Crippen LogP contribution in [0.15, 0.2) is 48.2 Å². The summed E-state index contributed by atoms with van der Waals surface area (Å²) in [5.74, 6) is 0.519. The fraction of sp³-hybridized carbons (Fsp3) is 0.471. The molecule has 2 aromatic heterocycles. The third-order valence-corrected chi connectivity index (χ3v) is 9.96. The Morgan fingerprint density at radius 3 is 2.49 bits per heavy atom. The predicted molar refractivity (Wildman–Crippen MR) is 174 cm³/mol. The normalized spacial score (nSPS) is 18.2. The first-order chi connectivity index (χ1) is 21.6. The molecule has 3 aromatic rings. The maximum atomic E-state index is 14.5. The number of aromatic carboxylic acids is 1. The molecule has 0 unspecified atom stereocenters. The van der Waals surface area contributed by atoms with Gasteiger partial charge in [0, 0.05) is 41.6 Å². The highest BCUT2D eigenvalue weighted by molar-refractivity contribution is 14.1. The van der Waals surface area contributed by atoms with E-state index in [0.29, 0.717) is 24.1 Å². The summed E-state index contributed by atoms with van der Waals surface area (Å²) in [5.41, 5.74) is 3.87. The van der Waals surface area contributed by atoms with E-state index in [1.165, 1.54) is 12.0 Å². The lowest BCUT2D eigenvalue weighted by Gasteiger charge is -2.36. The van der Waals surface area contributed by atoms with Crippen molar-refractivity contribution in [2.45, 2.75) is 74.6 Å². The lowest BCUT2D eigenvalue weighted by atomic mass is 9.83. The lowest BCUT2D eigenvalue weighted by Crippen LogP contribution is -2.43. The van der Waals surface area contributed by atoms with E-state index in [0.717, 1.165) is 120 Å². The zero-order valence-corrected chi connectivity index (χ0v) is 27.4. The summed E-state index contributed by atoms with van der Waals surface area (Å²) in [7, 11) is 0. The number of piperidine rings is 1. The summed E-state index contributed by atoms with van der Waals surface area (Å²) in [4.78, 5) is 31.0. The van der Waals surface area contributed by atoms with E-state index in [9.17, 15) is 23.5 Å². The summed E-state index contributed by atoms with van der Waals surface area (Å²) >= 11 is 0.922. The molecule has 3 aliphatic rings. The van der Waals surface area contributed by atoms with Gasteiger partial charge in [0.05, 0.1) is 11.9 Å². The molecular formula is C34H37F2IN4O4. The molecule has 1 saturated carbocycles. The van der Waals surface area contributed by atoms with Crippen molar-refractivity contribution < 1.29 is 28.2 Å². The molecule has 8 nitrogen and oxygen atoms in total. The Labute approximate surface area is 275 Å². The maximum Gasteiger partial charge on any atom is 0.339 e. The number of amides is 1. The third-order valence-electron chi connectivity index (χ3n) is 9.44. The average molecular weight is 731 g/mol. The molecule has 3 heterocycles. The van der Waals surface area contributed by atoms with Gasteiger partial charge in [-0.3, -0.25) is 4.79 Å². The fourth-order valence-corrected chi connectivity index (χ4v) is 7.22. The Kier molecular flexibility index (Phi) is 9.26. The Hall–Kier alpha value is -3.35. The standard InChI is InChI=1S/C34H37F2IN4O4/c1-21-18-24(22-14-16-40(17-15-22)32(42)23-7-4-8-23)12-13-29(21)45-20-25-6-2-3-9-26(25)28-10-5-11-30(39-28)41-31(34(35,36)37)27(19-38-41)33(43)44/h5,10-13,18-19,22-23H,2-4,6-9,14-17,20H2,1H3,(H,43,44). The van der Waals surface area contributed by atoms with Gasteiger partial charge in [0.1, 0.15) is 23.6 Å². The Balaban J connectivity index is 1.16. The van der Waals surface area contributed by atoms with E-state index in [4.69, 9.17) is 4.74 Å². The van der Waals surface area contributed by atoms with Gasteiger partial charge >= 0.3 is 9.90 Å². The molecule has 45 heavy (non-hydrogen) atoms. The Morgan fingerprint density at radius 1 is 1.07 bits per heavy atom. The highest BCUT2D eigenvalue weighted by atomic mass is 127. The van der Waals surface area contributed by atoms with E-state index in [2.05, 4.69) is 34.0 Å². The summed E-state index contributed by atoms with van der Waals surface area (Å²) in [6, 6.07) is 11.5. The van der Waals surface area contributed by atoms with Crippen LogP contribution in [0, 0.1) is 12.8 Å². The molecule has 11 heteroatoms. The number of rotatable bonds is 9. The van der Waals surface area contributed by atoms with Gasteiger partial charge in [-0.1, -0.05) is 24.6 Å². The third kappa shape index (κ3) is 6.78. The minimum atomic E-state index is -3.46. The van der Waals surface area contributed by atoms with Crippen LogP contribution in [0.25, 0.3) is 11.4 Å². The number of carboxylic acid groups (broad SMARTS) is 1. The van der Waals surface area contributed by atoms with Crippen LogP contribution in [0.4, 0.5) is 8.78 Å². The lowest BCUT2D eigenvalue weighted by molar-refractivity contribution is -0.139. The van der Waals surface area contributed by atoms with Crippen molar-refractivity contribution in [1.82, 2.24) is 19.7 Å². The largest absolute Gasteiger partial charge is 0.489 e. The molecule has 2 fully saturated rings. The van der Waals surface area contributed by atoms with Crippen molar-refractivity contribution in [3.63, 3.8) is 0 Å². The number of likely N-dealkylation sites (tertiary alicyclic amines) is 1. The number of hydrogen-bond donors (Lipinski definition) is 1.